The highest BCUT2D eigenvalue weighted by Gasteiger charge is 2.21. The average Bonchev–Trinajstić information content (AvgIpc) is 2.28. The second-order valence-corrected chi connectivity index (χ2v) is 4.71. The van der Waals surface area contributed by atoms with Gasteiger partial charge < -0.3 is 10.5 Å². The maximum atomic E-state index is 6.22. The lowest BCUT2D eigenvalue weighted by Gasteiger charge is -2.24. The predicted octanol–water partition coefficient (Wildman–Crippen LogP) is 2.36. The third-order valence-electron chi connectivity index (χ3n) is 2.93. The molecule has 0 aliphatic carbocycles. The number of benzene rings is 1. The summed E-state index contributed by atoms with van der Waals surface area (Å²) in [5.74, 6) is 0. The molecular formula is C14H18N2O. The molecule has 1 unspecified atom stereocenters. The number of ether oxygens (including phenoxy) is 1. The Morgan fingerprint density at radius 1 is 1.29 bits per heavy atom. The molecule has 2 N–H and O–H groups in total. The van der Waals surface area contributed by atoms with Crippen LogP contribution in [0.5, 0.6) is 0 Å². The molecular weight excluding hydrogens is 212 g/mol. The topological polar surface area (TPSA) is 48.1 Å². The number of hydrogen-bond acceptors (Lipinski definition) is 3. The summed E-state index contributed by atoms with van der Waals surface area (Å²) in [7, 11) is 1.66. The van der Waals surface area contributed by atoms with Crippen LogP contribution in [0.2, 0.25) is 0 Å². The van der Waals surface area contributed by atoms with Gasteiger partial charge in [-0.15, -0.1) is 0 Å². The van der Waals surface area contributed by atoms with Crippen LogP contribution < -0.4 is 5.73 Å². The van der Waals surface area contributed by atoms with E-state index in [-0.39, 0.29) is 0 Å². The highest BCUT2D eigenvalue weighted by atomic mass is 16.5. The molecule has 0 bridgehead atoms. The van der Waals surface area contributed by atoms with Gasteiger partial charge in [-0.3, -0.25) is 4.98 Å². The van der Waals surface area contributed by atoms with Gasteiger partial charge in [0.05, 0.1) is 17.7 Å². The number of methoxy groups -OCH3 is 1. The SMILES string of the molecule is COCC(C)(N)c1ccc2nc(C)ccc2c1. The Balaban J connectivity index is 2.48. The van der Waals surface area contributed by atoms with Crippen molar-refractivity contribution in [3.8, 4) is 0 Å². The quantitative estimate of drug-likeness (QED) is 0.880. The van der Waals surface area contributed by atoms with Crippen LogP contribution in [0.1, 0.15) is 18.2 Å². The molecule has 1 atom stereocenters. The van der Waals surface area contributed by atoms with Gasteiger partial charge in [-0.1, -0.05) is 12.1 Å². The van der Waals surface area contributed by atoms with Crippen LogP contribution in [0.4, 0.5) is 0 Å². The van der Waals surface area contributed by atoms with Gasteiger partial charge >= 0.3 is 0 Å². The van der Waals surface area contributed by atoms with E-state index in [4.69, 9.17) is 10.5 Å². The number of nitrogens with two attached hydrogens (primary N) is 1. The Morgan fingerprint density at radius 2 is 2.06 bits per heavy atom. The van der Waals surface area contributed by atoms with Crippen molar-refractivity contribution >= 4 is 10.9 Å². The first-order valence-corrected chi connectivity index (χ1v) is 5.69. The number of hydrogen-bond donors (Lipinski definition) is 1. The molecule has 0 spiro atoms. The van der Waals surface area contributed by atoms with Crippen LogP contribution in [-0.4, -0.2) is 18.7 Å². The summed E-state index contributed by atoms with van der Waals surface area (Å²) in [6.45, 7) is 4.46. The van der Waals surface area contributed by atoms with Crippen LogP contribution in [-0.2, 0) is 10.3 Å². The molecule has 0 saturated carbocycles. The standard InChI is InChI=1S/C14H18N2O/c1-10-4-5-11-8-12(6-7-13(11)16-10)14(2,15)9-17-3/h4-8H,9,15H2,1-3H3. The number of pyridine rings is 1. The molecule has 1 aromatic heterocycles. The number of aromatic nitrogens is 1. The van der Waals surface area contributed by atoms with E-state index in [0.29, 0.717) is 6.61 Å². The molecule has 3 heteroatoms. The average molecular weight is 230 g/mol. The maximum Gasteiger partial charge on any atom is 0.0705 e. The molecule has 2 rings (SSSR count). The second kappa shape index (κ2) is 4.43. The molecule has 0 aliphatic rings. The Hall–Kier alpha value is -1.45. The van der Waals surface area contributed by atoms with Crippen LogP contribution >= 0.6 is 0 Å². The monoisotopic (exact) mass is 230 g/mol. The number of aryl methyl sites for hydroxylation is 1. The lowest BCUT2D eigenvalue weighted by molar-refractivity contribution is 0.141. The molecule has 0 aliphatic heterocycles. The van der Waals surface area contributed by atoms with Crippen molar-refractivity contribution in [1.29, 1.82) is 0 Å². The van der Waals surface area contributed by atoms with Crippen LogP contribution in [0.15, 0.2) is 30.3 Å². The first kappa shape index (κ1) is 12.0. The van der Waals surface area contributed by atoms with Crippen molar-refractivity contribution in [1.82, 2.24) is 4.98 Å². The molecule has 1 heterocycles. The highest BCUT2D eigenvalue weighted by molar-refractivity contribution is 5.79. The van der Waals surface area contributed by atoms with Crippen LogP contribution in [0, 0.1) is 6.92 Å². The largest absolute Gasteiger partial charge is 0.382 e. The van der Waals surface area contributed by atoms with E-state index in [1.807, 2.05) is 32.0 Å². The van der Waals surface area contributed by atoms with Gasteiger partial charge in [-0.25, -0.2) is 0 Å². The van der Waals surface area contributed by atoms with Gasteiger partial charge in [0.1, 0.15) is 0 Å². The third-order valence-corrected chi connectivity index (χ3v) is 2.93. The minimum absolute atomic E-state index is 0.464. The first-order chi connectivity index (χ1) is 8.03. The summed E-state index contributed by atoms with van der Waals surface area (Å²) in [6.07, 6.45) is 0. The second-order valence-electron chi connectivity index (χ2n) is 4.71. The zero-order valence-electron chi connectivity index (χ0n) is 10.5. The van der Waals surface area contributed by atoms with Gasteiger partial charge in [-0.2, -0.15) is 0 Å². The lowest BCUT2D eigenvalue weighted by Crippen LogP contribution is -2.37. The first-order valence-electron chi connectivity index (χ1n) is 5.69. The van der Waals surface area contributed by atoms with Gasteiger partial charge in [0.25, 0.3) is 0 Å². The number of fused-ring (bicyclic) bond motifs is 1. The van der Waals surface area contributed by atoms with E-state index in [1.54, 1.807) is 7.11 Å². The van der Waals surface area contributed by atoms with Crippen molar-refractivity contribution < 1.29 is 4.74 Å². The zero-order valence-corrected chi connectivity index (χ0v) is 10.5. The molecule has 17 heavy (non-hydrogen) atoms. The Kier molecular flexibility index (Phi) is 3.13. The van der Waals surface area contributed by atoms with Crippen LogP contribution in [0.3, 0.4) is 0 Å². The highest BCUT2D eigenvalue weighted by Crippen LogP contribution is 2.22. The molecule has 0 amide bonds. The molecule has 2 aromatic rings. The fraction of sp³-hybridized carbons (Fsp3) is 0.357. The summed E-state index contributed by atoms with van der Waals surface area (Å²) in [6, 6.07) is 10.2. The maximum absolute atomic E-state index is 6.22. The minimum Gasteiger partial charge on any atom is -0.382 e. The smallest absolute Gasteiger partial charge is 0.0705 e. The normalized spacial score (nSPS) is 14.8. The van der Waals surface area contributed by atoms with Crippen molar-refractivity contribution in [2.75, 3.05) is 13.7 Å². The zero-order chi connectivity index (χ0) is 12.5. The van der Waals surface area contributed by atoms with E-state index in [2.05, 4.69) is 17.1 Å². The van der Waals surface area contributed by atoms with E-state index >= 15 is 0 Å². The molecule has 90 valence electrons. The molecule has 3 nitrogen and oxygen atoms in total. The fourth-order valence-electron chi connectivity index (χ4n) is 1.97. The van der Waals surface area contributed by atoms with Crippen molar-refractivity contribution in [2.24, 2.45) is 5.73 Å². The summed E-state index contributed by atoms with van der Waals surface area (Å²) < 4.78 is 5.15. The summed E-state index contributed by atoms with van der Waals surface area (Å²) >= 11 is 0. The molecule has 0 saturated heterocycles. The lowest BCUT2D eigenvalue weighted by atomic mass is 9.93. The molecule has 0 radical (unpaired) electrons. The van der Waals surface area contributed by atoms with Crippen molar-refractivity contribution in [3.63, 3.8) is 0 Å². The Labute approximate surface area is 102 Å². The van der Waals surface area contributed by atoms with E-state index < -0.39 is 5.54 Å². The van der Waals surface area contributed by atoms with Gasteiger partial charge in [-0.05, 0) is 37.6 Å². The summed E-state index contributed by atoms with van der Waals surface area (Å²) in [4.78, 5) is 4.47. The number of rotatable bonds is 3. The fourth-order valence-corrected chi connectivity index (χ4v) is 1.97. The van der Waals surface area contributed by atoms with Gasteiger partial charge in [0.2, 0.25) is 0 Å². The van der Waals surface area contributed by atoms with E-state index in [0.717, 1.165) is 22.2 Å². The molecule has 1 aromatic carbocycles. The van der Waals surface area contributed by atoms with Crippen LogP contribution in [0.25, 0.3) is 10.9 Å². The van der Waals surface area contributed by atoms with E-state index in [1.165, 1.54) is 0 Å². The van der Waals surface area contributed by atoms with Crippen molar-refractivity contribution in [2.45, 2.75) is 19.4 Å². The number of nitrogens with zero attached hydrogens (tertiary/aromatic N) is 1. The Bertz CT molecular complexity index is 535. The van der Waals surface area contributed by atoms with Crippen molar-refractivity contribution in [3.05, 3.63) is 41.6 Å². The predicted molar refractivity (Wildman–Crippen MR) is 69.9 cm³/mol. The molecule has 0 fully saturated rings. The van der Waals surface area contributed by atoms with Gasteiger partial charge in [0.15, 0.2) is 0 Å². The summed E-state index contributed by atoms with van der Waals surface area (Å²) in [5, 5.41) is 1.11. The summed E-state index contributed by atoms with van der Waals surface area (Å²) in [5.41, 5.74) is 8.85. The third kappa shape index (κ3) is 2.46. The Morgan fingerprint density at radius 3 is 2.76 bits per heavy atom. The van der Waals surface area contributed by atoms with E-state index in [9.17, 15) is 0 Å². The minimum atomic E-state index is -0.464. The van der Waals surface area contributed by atoms with Gasteiger partial charge in [0, 0.05) is 18.2 Å².